The van der Waals surface area contributed by atoms with Crippen LogP contribution in [0.15, 0.2) is 28.2 Å². The van der Waals surface area contributed by atoms with E-state index in [0.29, 0.717) is 28.6 Å². The van der Waals surface area contributed by atoms with Gasteiger partial charge in [-0.1, -0.05) is 11.8 Å². The molecule has 0 radical (unpaired) electrons. The molecule has 0 saturated carbocycles. The largest absolute Gasteiger partial charge is 0.444 e. The van der Waals surface area contributed by atoms with Crippen molar-refractivity contribution in [3.8, 4) is 0 Å². The van der Waals surface area contributed by atoms with Gasteiger partial charge in [-0.05, 0) is 64.5 Å². The number of thioether (sulfide) groups is 1. The van der Waals surface area contributed by atoms with Crippen LogP contribution < -0.4 is 5.32 Å². The van der Waals surface area contributed by atoms with E-state index >= 15 is 0 Å². The van der Waals surface area contributed by atoms with Crippen LogP contribution >= 0.6 is 24.0 Å². The van der Waals surface area contributed by atoms with Crippen molar-refractivity contribution in [1.82, 2.24) is 5.32 Å². The Morgan fingerprint density at radius 2 is 2.24 bits per heavy atom. The molecule has 0 unspecified atom stereocenters. The summed E-state index contributed by atoms with van der Waals surface area (Å²) in [6.07, 6.45) is 0.0429. The lowest BCUT2D eigenvalue weighted by atomic mass is 9.89. The molecule has 134 valence electrons. The molecule has 5 nitrogen and oxygen atoms in total. The van der Waals surface area contributed by atoms with Gasteiger partial charge in [0.05, 0.1) is 16.4 Å². The number of benzene rings is 1. The van der Waals surface area contributed by atoms with Gasteiger partial charge in [-0.2, -0.15) is 4.99 Å². The molecule has 1 heterocycles. The number of hydrogen-bond donors (Lipinski definition) is 1. The molecule has 1 aliphatic heterocycles. The Morgan fingerprint density at radius 1 is 1.52 bits per heavy atom. The fourth-order valence-corrected chi connectivity index (χ4v) is 3.58. The van der Waals surface area contributed by atoms with Crippen molar-refractivity contribution in [3.63, 3.8) is 0 Å². The molecule has 0 spiro atoms. The third kappa shape index (κ3) is 5.36. The van der Waals surface area contributed by atoms with Gasteiger partial charge in [-0.3, -0.25) is 10.3 Å². The van der Waals surface area contributed by atoms with Gasteiger partial charge in [0.15, 0.2) is 5.17 Å². The van der Waals surface area contributed by atoms with E-state index in [2.05, 4.69) is 32.7 Å². The SMILES string of the molecule is CC(C)(C)OC(=O)NC1=N[C@](C)(c2cc(N=C=S)ccc2F)CCS1. The molecule has 0 saturated heterocycles. The van der Waals surface area contributed by atoms with Gasteiger partial charge in [0, 0.05) is 11.3 Å². The average molecular weight is 381 g/mol. The minimum absolute atomic E-state index is 0.377. The van der Waals surface area contributed by atoms with Crippen molar-refractivity contribution < 1.29 is 13.9 Å². The molecule has 0 fully saturated rings. The number of halogens is 1. The number of amides is 1. The summed E-state index contributed by atoms with van der Waals surface area (Å²) in [6.45, 7) is 7.17. The predicted octanol–water partition coefficient (Wildman–Crippen LogP) is 4.79. The van der Waals surface area contributed by atoms with E-state index in [9.17, 15) is 9.18 Å². The number of amidine groups is 1. The molecule has 0 aliphatic carbocycles. The van der Waals surface area contributed by atoms with E-state index < -0.39 is 17.2 Å². The van der Waals surface area contributed by atoms with E-state index in [1.54, 1.807) is 26.8 Å². The van der Waals surface area contributed by atoms with Crippen LogP contribution in [-0.2, 0) is 10.3 Å². The Kier molecular flexibility index (Phi) is 5.98. The number of thiocarbonyl (C=S) groups is 1. The Bertz CT molecular complexity index is 755. The van der Waals surface area contributed by atoms with Gasteiger partial charge in [0.1, 0.15) is 11.4 Å². The Labute approximate surface area is 156 Å². The summed E-state index contributed by atoms with van der Waals surface area (Å²) in [5.74, 6) is 0.309. The number of aliphatic imine (C=N–C) groups is 2. The van der Waals surface area contributed by atoms with Gasteiger partial charge in [-0.15, -0.1) is 0 Å². The average Bonchev–Trinajstić information content (AvgIpc) is 2.47. The standard InChI is InChI=1S/C17H20FN3O2S2/c1-16(2,3)23-15(22)20-14-21-17(4,7-8-25-14)12-9-11(19-10-24)5-6-13(12)18/h5-6,9H,7-8H2,1-4H3,(H,20,21,22)/t17-/m0/s1. The second-order valence-corrected chi connectivity index (χ2v) is 8.05. The summed E-state index contributed by atoms with van der Waals surface area (Å²) >= 11 is 6.00. The zero-order valence-electron chi connectivity index (χ0n) is 14.6. The molecular formula is C17H20FN3O2S2. The van der Waals surface area contributed by atoms with Crippen molar-refractivity contribution >= 4 is 46.1 Å². The summed E-state index contributed by atoms with van der Waals surface area (Å²) in [5, 5.41) is 5.32. The van der Waals surface area contributed by atoms with E-state index in [0.717, 1.165) is 0 Å². The lowest BCUT2D eigenvalue weighted by molar-refractivity contribution is 0.0564. The zero-order chi connectivity index (χ0) is 18.7. The van der Waals surface area contributed by atoms with Gasteiger partial charge >= 0.3 is 6.09 Å². The van der Waals surface area contributed by atoms with Crippen LogP contribution in [0.25, 0.3) is 0 Å². The number of hydrogen-bond acceptors (Lipinski definition) is 6. The maximum atomic E-state index is 14.4. The molecule has 0 bridgehead atoms. The first kappa shape index (κ1) is 19.6. The number of nitrogens with zero attached hydrogens (tertiary/aromatic N) is 2. The van der Waals surface area contributed by atoms with Crippen molar-refractivity contribution in [3.05, 3.63) is 29.6 Å². The first-order valence-corrected chi connectivity index (χ1v) is 9.13. The van der Waals surface area contributed by atoms with Crippen LogP contribution in [-0.4, -0.2) is 27.8 Å². The van der Waals surface area contributed by atoms with E-state index in [4.69, 9.17) is 4.74 Å². The van der Waals surface area contributed by atoms with Crippen LogP contribution in [0, 0.1) is 5.82 Å². The number of rotatable bonds is 2. The molecular weight excluding hydrogens is 361 g/mol. The van der Waals surface area contributed by atoms with Crippen LogP contribution in [0.1, 0.15) is 39.7 Å². The lowest BCUT2D eigenvalue weighted by Gasteiger charge is -2.31. The number of isothiocyanates is 1. The second kappa shape index (κ2) is 7.64. The Morgan fingerprint density at radius 3 is 2.88 bits per heavy atom. The highest BCUT2D eigenvalue weighted by Crippen LogP contribution is 2.38. The first-order valence-electron chi connectivity index (χ1n) is 7.73. The number of carbonyl (C=O) groups excluding carboxylic acids is 1. The van der Waals surface area contributed by atoms with E-state index in [1.807, 2.05) is 6.92 Å². The molecule has 1 N–H and O–H groups in total. The third-order valence-electron chi connectivity index (χ3n) is 3.49. The lowest BCUT2D eigenvalue weighted by Crippen LogP contribution is -2.38. The van der Waals surface area contributed by atoms with Crippen molar-refractivity contribution in [2.45, 2.75) is 45.3 Å². The molecule has 1 aromatic carbocycles. The van der Waals surface area contributed by atoms with Crippen LogP contribution in [0.4, 0.5) is 14.9 Å². The van der Waals surface area contributed by atoms with Crippen LogP contribution in [0.2, 0.25) is 0 Å². The maximum absolute atomic E-state index is 14.4. The highest BCUT2D eigenvalue weighted by molar-refractivity contribution is 8.13. The smallest absolute Gasteiger partial charge is 0.413 e. The molecule has 0 aromatic heterocycles. The normalized spacial score (nSPS) is 20.3. The Balaban J connectivity index is 2.30. The Hall–Kier alpha value is -1.76. The zero-order valence-corrected chi connectivity index (χ0v) is 16.2. The monoisotopic (exact) mass is 381 g/mol. The van der Waals surface area contributed by atoms with Crippen molar-refractivity contribution in [2.24, 2.45) is 9.98 Å². The molecule has 25 heavy (non-hydrogen) atoms. The van der Waals surface area contributed by atoms with Gasteiger partial charge in [-0.25, -0.2) is 9.18 Å². The van der Waals surface area contributed by atoms with Gasteiger partial charge < -0.3 is 4.74 Å². The fourth-order valence-electron chi connectivity index (χ4n) is 2.36. The van der Waals surface area contributed by atoms with E-state index in [1.165, 1.54) is 23.9 Å². The van der Waals surface area contributed by atoms with Gasteiger partial charge in [0.25, 0.3) is 0 Å². The molecule has 1 amide bonds. The minimum Gasteiger partial charge on any atom is -0.444 e. The second-order valence-electron chi connectivity index (χ2n) is 6.78. The predicted molar refractivity (Wildman–Crippen MR) is 102 cm³/mol. The number of ether oxygens (including phenoxy) is 1. The molecule has 8 heteroatoms. The summed E-state index contributed by atoms with van der Waals surface area (Å²) in [7, 11) is 0. The summed E-state index contributed by atoms with van der Waals surface area (Å²) in [6, 6.07) is 4.48. The van der Waals surface area contributed by atoms with Crippen LogP contribution in [0.3, 0.4) is 0 Å². The molecule has 1 aliphatic rings. The summed E-state index contributed by atoms with van der Waals surface area (Å²) in [5.41, 5.74) is -0.496. The number of carbonyl (C=O) groups is 1. The summed E-state index contributed by atoms with van der Waals surface area (Å²) < 4.78 is 19.6. The first-order chi connectivity index (χ1) is 11.6. The molecule has 2 rings (SSSR count). The van der Waals surface area contributed by atoms with Crippen molar-refractivity contribution in [1.29, 1.82) is 0 Å². The third-order valence-corrected chi connectivity index (χ3v) is 4.46. The highest BCUT2D eigenvalue weighted by Gasteiger charge is 2.33. The maximum Gasteiger partial charge on any atom is 0.413 e. The van der Waals surface area contributed by atoms with E-state index in [-0.39, 0.29) is 5.82 Å². The number of alkyl carbamates (subject to hydrolysis) is 1. The topological polar surface area (TPSA) is 63.0 Å². The molecule has 1 atom stereocenters. The minimum atomic E-state index is -0.813. The van der Waals surface area contributed by atoms with Gasteiger partial charge in [0.2, 0.25) is 0 Å². The summed E-state index contributed by atoms with van der Waals surface area (Å²) in [4.78, 5) is 20.4. The molecule has 1 aromatic rings. The highest BCUT2D eigenvalue weighted by atomic mass is 32.2. The number of nitrogens with one attached hydrogen (secondary N) is 1. The quantitative estimate of drug-likeness (QED) is 0.591. The van der Waals surface area contributed by atoms with Crippen molar-refractivity contribution in [2.75, 3.05) is 5.75 Å². The van der Waals surface area contributed by atoms with Crippen LogP contribution in [0.5, 0.6) is 0 Å². The fraction of sp³-hybridized carbons (Fsp3) is 0.471.